The molecule has 0 fully saturated rings. The van der Waals surface area contributed by atoms with E-state index in [2.05, 4.69) is 32.5 Å². The Balaban J connectivity index is 1.52. The first-order valence-electron chi connectivity index (χ1n) is 27.2. The molecule has 0 aromatic heterocycles. The summed E-state index contributed by atoms with van der Waals surface area (Å²) in [5.74, 6) is -1.60. The predicted octanol–water partition coefficient (Wildman–Crippen LogP) is 4.86. The van der Waals surface area contributed by atoms with E-state index in [-0.39, 0.29) is 65.4 Å². The number of nitrogens with two attached hydrogens (primary N) is 1. The molecule has 0 heterocycles. The zero-order valence-electron chi connectivity index (χ0n) is 48.6. The monoisotopic (exact) mass is 1130 g/mol. The molecule has 4 aromatic carbocycles. The average Bonchev–Trinajstić information content (AvgIpc) is 3.47. The molecule has 0 bridgehead atoms. The van der Waals surface area contributed by atoms with Crippen LogP contribution in [0.3, 0.4) is 0 Å². The van der Waals surface area contributed by atoms with Gasteiger partial charge in [-0.25, -0.2) is 0 Å². The minimum Gasteiger partial charge on any atom is -0.491 e. The van der Waals surface area contributed by atoms with Crippen LogP contribution in [-0.2, 0) is 71.8 Å². The quantitative estimate of drug-likeness (QED) is 0.0217. The summed E-state index contributed by atoms with van der Waals surface area (Å²) in [5, 5.41) is 13.4. The largest absolute Gasteiger partial charge is 0.491 e. The summed E-state index contributed by atoms with van der Waals surface area (Å²) in [5.41, 5.74) is 6.01. The molecule has 7 N–H and O–H groups in total. The standard InChI is InChI=1S/C62H82N6O14/c1-11-31-78-45-26-28-46(29-27-45)79-36-35-77-34-33-76-32-30-64-56(72)51(40-53(69)81-61(5,6)7)67-59(75)52(41-54(70)82-62(8,9)10)68-58(74)50(38-43-20-16-13-17-21-43)66-57(73)49(39-44-22-24-47(25-23-44)80-60(2,3)4)65-55(71)48(63)37-42-18-14-12-15-19-42/h1,12-29,48-52H,30-41,63H2,2-10H3,(H,64,72)(H,65,71)(H,66,73)(H,67,75)(H,68,74)/t48-,49-,50-,51-,52-/m0/s1. The van der Waals surface area contributed by atoms with Gasteiger partial charge in [0.2, 0.25) is 29.5 Å². The number of terminal acetylenes is 1. The second kappa shape index (κ2) is 33.1. The number of amides is 5. The van der Waals surface area contributed by atoms with Gasteiger partial charge in [0.25, 0.3) is 0 Å². The topological polar surface area (TPSA) is 270 Å². The van der Waals surface area contributed by atoms with Crippen LogP contribution in [0, 0.1) is 12.3 Å². The molecular formula is C62H82N6O14. The maximum Gasteiger partial charge on any atom is 0.308 e. The summed E-state index contributed by atoms with van der Waals surface area (Å²) in [6, 6.07) is 24.8. The molecule has 82 heavy (non-hydrogen) atoms. The van der Waals surface area contributed by atoms with E-state index in [9.17, 15) is 33.6 Å². The normalized spacial score (nSPS) is 13.3. The van der Waals surface area contributed by atoms with Gasteiger partial charge in [-0.1, -0.05) is 78.7 Å². The van der Waals surface area contributed by atoms with E-state index in [1.54, 1.807) is 120 Å². The fourth-order valence-corrected chi connectivity index (χ4v) is 7.79. The minimum atomic E-state index is -1.72. The number of hydrogen-bond donors (Lipinski definition) is 6. The molecule has 0 saturated carbocycles. The van der Waals surface area contributed by atoms with Gasteiger partial charge in [-0.15, -0.1) is 6.42 Å². The van der Waals surface area contributed by atoms with E-state index in [1.165, 1.54) is 0 Å². The highest BCUT2D eigenvalue weighted by Crippen LogP contribution is 2.21. The number of benzene rings is 4. The van der Waals surface area contributed by atoms with Crippen molar-refractivity contribution in [3.8, 4) is 29.6 Å². The van der Waals surface area contributed by atoms with Gasteiger partial charge in [-0.2, -0.15) is 0 Å². The highest BCUT2D eigenvalue weighted by Gasteiger charge is 2.35. The number of carbonyl (C=O) groups excluding carboxylic acids is 7. The molecule has 0 unspecified atom stereocenters. The van der Waals surface area contributed by atoms with Crippen LogP contribution in [0.15, 0.2) is 109 Å². The van der Waals surface area contributed by atoms with Crippen molar-refractivity contribution in [2.75, 3.05) is 46.2 Å². The molecule has 5 atom stereocenters. The molecule has 20 heteroatoms. The van der Waals surface area contributed by atoms with Crippen LogP contribution in [0.2, 0.25) is 0 Å². The number of hydrogen-bond acceptors (Lipinski definition) is 15. The van der Waals surface area contributed by atoms with Crippen LogP contribution in [0.1, 0.15) is 91.8 Å². The fourth-order valence-electron chi connectivity index (χ4n) is 7.79. The van der Waals surface area contributed by atoms with Gasteiger partial charge >= 0.3 is 11.9 Å². The second-order valence-corrected chi connectivity index (χ2v) is 22.2. The third kappa shape index (κ3) is 27.0. The Morgan fingerprint density at radius 2 is 0.866 bits per heavy atom. The summed E-state index contributed by atoms with van der Waals surface area (Å²) in [6.45, 7) is 16.6. The Bertz CT molecular complexity index is 2700. The van der Waals surface area contributed by atoms with Gasteiger partial charge in [-0.3, -0.25) is 33.6 Å². The molecule has 444 valence electrons. The van der Waals surface area contributed by atoms with Crippen molar-refractivity contribution in [1.29, 1.82) is 0 Å². The molecule has 4 rings (SSSR count). The minimum absolute atomic E-state index is 0.0301. The van der Waals surface area contributed by atoms with E-state index in [4.69, 9.17) is 45.3 Å². The van der Waals surface area contributed by atoms with Gasteiger partial charge in [0, 0.05) is 19.4 Å². The Labute approximate surface area is 481 Å². The van der Waals surface area contributed by atoms with E-state index in [0.29, 0.717) is 28.4 Å². The first-order chi connectivity index (χ1) is 38.8. The Morgan fingerprint density at radius 3 is 1.35 bits per heavy atom. The lowest BCUT2D eigenvalue weighted by molar-refractivity contribution is -0.158. The summed E-state index contributed by atoms with van der Waals surface area (Å²) in [6.07, 6.45) is 3.89. The molecule has 4 aromatic rings. The van der Waals surface area contributed by atoms with E-state index >= 15 is 0 Å². The molecule has 20 nitrogen and oxygen atoms in total. The van der Waals surface area contributed by atoms with Crippen molar-refractivity contribution >= 4 is 41.5 Å². The maximum absolute atomic E-state index is 14.7. The Hall–Kier alpha value is -7.99. The number of esters is 2. The van der Waals surface area contributed by atoms with Crippen molar-refractivity contribution < 1.29 is 66.7 Å². The number of rotatable bonds is 32. The van der Waals surface area contributed by atoms with Crippen LogP contribution >= 0.6 is 0 Å². The van der Waals surface area contributed by atoms with Crippen molar-refractivity contribution in [2.45, 2.75) is 141 Å². The lowest BCUT2D eigenvalue weighted by atomic mass is 10.0. The van der Waals surface area contributed by atoms with Crippen LogP contribution in [0.5, 0.6) is 17.2 Å². The van der Waals surface area contributed by atoms with Gasteiger partial charge in [0.05, 0.1) is 45.3 Å². The van der Waals surface area contributed by atoms with Crippen LogP contribution in [0.25, 0.3) is 0 Å². The summed E-state index contributed by atoms with van der Waals surface area (Å²) >= 11 is 0. The number of nitrogens with one attached hydrogen (secondary N) is 5. The SMILES string of the molecule is C#CCOc1ccc(OCCOCCOCCNC(=O)[C@H](CC(=O)OC(C)(C)C)NC(=O)[C@H](CC(=O)OC(C)(C)C)NC(=O)[C@H](Cc2ccccc2)NC(=O)[C@H](Cc2ccc(OC(C)(C)C)cc2)NC(=O)[C@@H](N)Cc2ccccc2)cc1. The molecule has 0 radical (unpaired) electrons. The highest BCUT2D eigenvalue weighted by molar-refractivity contribution is 5.98. The molecule has 0 saturated heterocycles. The van der Waals surface area contributed by atoms with Crippen LogP contribution in [-0.4, -0.2) is 135 Å². The predicted molar refractivity (Wildman–Crippen MR) is 308 cm³/mol. The van der Waals surface area contributed by atoms with Gasteiger partial charge in [0.1, 0.15) is 71.4 Å². The Morgan fingerprint density at radius 1 is 0.463 bits per heavy atom. The van der Waals surface area contributed by atoms with E-state index < -0.39 is 101 Å². The number of carbonyl (C=O) groups is 7. The molecule has 0 aliphatic carbocycles. The highest BCUT2D eigenvalue weighted by atomic mass is 16.6. The molecular weight excluding hydrogens is 1050 g/mol. The van der Waals surface area contributed by atoms with Gasteiger partial charge in [-0.05, 0) is 122 Å². The summed E-state index contributed by atoms with van der Waals surface area (Å²) in [7, 11) is 0. The lowest BCUT2D eigenvalue weighted by Gasteiger charge is -2.28. The molecule has 0 aliphatic heterocycles. The molecule has 0 aliphatic rings. The number of ether oxygens (including phenoxy) is 7. The van der Waals surface area contributed by atoms with Crippen LogP contribution in [0.4, 0.5) is 0 Å². The second-order valence-electron chi connectivity index (χ2n) is 22.2. The smallest absolute Gasteiger partial charge is 0.308 e. The van der Waals surface area contributed by atoms with Crippen LogP contribution < -0.4 is 46.5 Å². The Kier molecular flexibility index (Phi) is 26.8. The molecule has 5 amide bonds. The lowest BCUT2D eigenvalue weighted by Crippen LogP contribution is -2.60. The average molecular weight is 1140 g/mol. The van der Waals surface area contributed by atoms with Crippen molar-refractivity contribution in [3.05, 3.63) is 126 Å². The van der Waals surface area contributed by atoms with Crippen molar-refractivity contribution in [2.24, 2.45) is 5.73 Å². The first kappa shape index (κ1) is 66.5. The van der Waals surface area contributed by atoms with E-state index in [1.807, 2.05) is 51.1 Å². The third-order valence-electron chi connectivity index (χ3n) is 11.4. The first-order valence-corrected chi connectivity index (χ1v) is 27.2. The maximum atomic E-state index is 14.7. The zero-order valence-corrected chi connectivity index (χ0v) is 48.6. The fraction of sp³-hybridized carbons (Fsp3) is 0.468. The van der Waals surface area contributed by atoms with Gasteiger partial charge in [0.15, 0.2) is 0 Å². The van der Waals surface area contributed by atoms with Crippen molar-refractivity contribution in [3.63, 3.8) is 0 Å². The third-order valence-corrected chi connectivity index (χ3v) is 11.4. The van der Waals surface area contributed by atoms with Gasteiger partial charge < -0.3 is 65.5 Å². The summed E-state index contributed by atoms with van der Waals surface area (Å²) in [4.78, 5) is 98.2. The molecule has 0 spiro atoms. The van der Waals surface area contributed by atoms with E-state index in [0.717, 1.165) is 5.56 Å². The van der Waals surface area contributed by atoms with Crippen molar-refractivity contribution in [1.82, 2.24) is 26.6 Å². The zero-order chi connectivity index (χ0) is 60.3. The summed E-state index contributed by atoms with van der Waals surface area (Å²) < 4.78 is 39.3.